The van der Waals surface area contributed by atoms with Crippen molar-refractivity contribution in [2.24, 2.45) is 5.73 Å². The van der Waals surface area contributed by atoms with Crippen LogP contribution in [0, 0.1) is 11.6 Å². The molecular weight excluding hydrogens is 282 g/mol. The lowest BCUT2D eigenvalue weighted by molar-refractivity contribution is -0.127. The number of carbonyl (C=O) groups excluding carboxylic acids is 3. The van der Waals surface area contributed by atoms with E-state index in [1.54, 1.807) is 0 Å². The van der Waals surface area contributed by atoms with Crippen LogP contribution >= 0.6 is 0 Å². The van der Waals surface area contributed by atoms with Gasteiger partial charge in [0.2, 0.25) is 11.8 Å². The van der Waals surface area contributed by atoms with Crippen molar-refractivity contribution in [1.82, 2.24) is 5.32 Å². The van der Waals surface area contributed by atoms with E-state index in [-0.39, 0.29) is 24.2 Å². The second kappa shape index (κ2) is 7.47. The monoisotopic (exact) mass is 298 g/mol. The smallest absolute Gasteiger partial charge is 0.240 e. The van der Waals surface area contributed by atoms with Crippen LogP contribution < -0.4 is 11.1 Å². The van der Waals surface area contributed by atoms with Gasteiger partial charge in [0.05, 0.1) is 6.42 Å². The van der Waals surface area contributed by atoms with E-state index in [4.69, 9.17) is 5.73 Å². The van der Waals surface area contributed by atoms with Crippen molar-refractivity contribution in [1.29, 1.82) is 0 Å². The third-order valence-corrected chi connectivity index (χ3v) is 2.86. The Morgan fingerprint density at radius 3 is 2.29 bits per heavy atom. The van der Waals surface area contributed by atoms with Gasteiger partial charge in [0.1, 0.15) is 23.5 Å². The quantitative estimate of drug-likeness (QED) is 0.782. The zero-order chi connectivity index (χ0) is 16.0. The topological polar surface area (TPSA) is 89.3 Å². The van der Waals surface area contributed by atoms with E-state index in [9.17, 15) is 23.2 Å². The van der Waals surface area contributed by atoms with Gasteiger partial charge in [-0.05, 0) is 25.5 Å². The SMILES string of the molecule is CC(=O)CC[C@@H](NC(=O)Cc1c(F)cccc1F)C(N)=O. The minimum Gasteiger partial charge on any atom is -0.368 e. The predicted molar refractivity (Wildman–Crippen MR) is 71.1 cm³/mol. The highest BCUT2D eigenvalue weighted by molar-refractivity contribution is 5.88. The summed E-state index contributed by atoms with van der Waals surface area (Å²) in [5.41, 5.74) is 4.73. The number of primary amides is 1. The van der Waals surface area contributed by atoms with E-state index < -0.39 is 35.9 Å². The molecule has 5 nitrogen and oxygen atoms in total. The van der Waals surface area contributed by atoms with Crippen LogP contribution in [0.4, 0.5) is 8.78 Å². The van der Waals surface area contributed by atoms with E-state index in [1.807, 2.05) is 0 Å². The minimum atomic E-state index is -1.05. The van der Waals surface area contributed by atoms with Crippen LogP contribution in [-0.4, -0.2) is 23.6 Å². The van der Waals surface area contributed by atoms with Gasteiger partial charge in [-0.3, -0.25) is 9.59 Å². The number of nitrogens with one attached hydrogen (secondary N) is 1. The summed E-state index contributed by atoms with van der Waals surface area (Å²) in [5.74, 6) is -3.39. The van der Waals surface area contributed by atoms with Crippen molar-refractivity contribution in [2.45, 2.75) is 32.2 Å². The number of nitrogens with two attached hydrogens (primary N) is 1. The number of ketones is 1. The molecule has 0 fully saturated rings. The lowest BCUT2D eigenvalue weighted by atomic mass is 10.1. The molecule has 1 aromatic rings. The summed E-state index contributed by atoms with van der Waals surface area (Å²) >= 11 is 0. The first-order valence-corrected chi connectivity index (χ1v) is 6.32. The molecule has 0 aliphatic rings. The maximum Gasteiger partial charge on any atom is 0.240 e. The third-order valence-electron chi connectivity index (χ3n) is 2.86. The lowest BCUT2D eigenvalue weighted by Crippen LogP contribution is -2.45. The first-order chi connectivity index (χ1) is 9.81. The van der Waals surface area contributed by atoms with Crippen LogP contribution in [0.15, 0.2) is 18.2 Å². The van der Waals surface area contributed by atoms with E-state index in [1.165, 1.54) is 13.0 Å². The largest absolute Gasteiger partial charge is 0.368 e. The Kier molecular flexibility index (Phi) is 5.95. The molecule has 7 heteroatoms. The van der Waals surface area contributed by atoms with Crippen LogP contribution in [0.3, 0.4) is 0 Å². The van der Waals surface area contributed by atoms with Gasteiger partial charge in [-0.25, -0.2) is 8.78 Å². The average Bonchev–Trinajstić information content (AvgIpc) is 2.38. The minimum absolute atomic E-state index is 0.0517. The zero-order valence-electron chi connectivity index (χ0n) is 11.5. The van der Waals surface area contributed by atoms with Gasteiger partial charge in [0.15, 0.2) is 0 Å². The van der Waals surface area contributed by atoms with Gasteiger partial charge in [0.25, 0.3) is 0 Å². The molecule has 0 heterocycles. The molecule has 0 bridgehead atoms. The molecule has 0 spiro atoms. The number of amides is 2. The molecule has 0 aromatic heterocycles. The Bertz CT molecular complexity index is 541. The van der Waals surface area contributed by atoms with Gasteiger partial charge in [-0.2, -0.15) is 0 Å². The number of hydrogen-bond acceptors (Lipinski definition) is 3. The molecule has 1 aromatic carbocycles. The summed E-state index contributed by atoms with van der Waals surface area (Å²) in [4.78, 5) is 33.8. The van der Waals surface area contributed by atoms with Gasteiger partial charge >= 0.3 is 0 Å². The standard InChI is InChI=1S/C14H16F2N2O3/c1-8(19)5-6-12(14(17)21)18-13(20)7-9-10(15)3-2-4-11(9)16/h2-4,12H,5-7H2,1H3,(H2,17,21)(H,18,20)/t12-/m1/s1. The molecule has 0 radical (unpaired) electrons. The highest BCUT2D eigenvalue weighted by atomic mass is 19.1. The van der Waals surface area contributed by atoms with Crippen molar-refractivity contribution in [3.05, 3.63) is 35.4 Å². The number of carbonyl (C=O) groups is 3. The second-order valence-electron chi connectivity index (χ2n) is 4.64. The molecule has 0 saturated carbocycles. The fourth-order valence-corrected chi connectivity index (χ4v) is 1.74. The molecule has 114 valence electrons. The molecule has 0 aliphatic heterocycles. The summed E-state index contributed by atoms with van der Waals surface area (Å²) in [6.45, 7) is 1.34. The number of halogens is 2. The van der Waals surface area contributed by atoms with Gasteiger partial charge in [-0.1, -0.05) is 6.07 Å². The van der Waals surface area contributed by atoms with E-state index in [0.717, 1.165) is 12.1 Å². The molecule has 0 unspecified atom stereocenters. The summed E-state index contributed by atoms with van der Waals surface area (Å²) in [6, 6.07) is 2.21. The van der Waals surface area contributed by atoms with Crippen LogP contribution in [0.2, 0.25) is 0 Å². The van der Waals surface area contributed by atoms with Crippen LogP contribution in [0.1, 0.15) is 25.3 Å². The highest BCUT2D eigenvalue weighted by Gasteiger charge is 2.20. The molecule has 1 atom stereocenters. The average molecular weight is 298 g/mol. The zero-order valence-corrected chi connectivity index (χ0v) is 11.5. The number of Topliss-reactive ketones (excluding diaryl/α,β-unsaturated/α-hetero) is 1. The van der Waals surface area contributed by atoms with E-state index in [0.29, 0.717) is 0 Å². The first-order valence-electron chi connectivity index (χ1n) is 6.32. The van der Waals surface area contributed by atoms with Gasteiger partial charge in [0, 0.05) is 12.0 Å². The van der Waals surface area contributed by atoms with Gasteiger partial charge in [-0.15, -0.1) is 0 Å². The van der Waals surface area contributed by atoms with Crippen LogP contribution in [0.25, 0.3) is 0 Å². The van der Waals surface area contributed by atoms with Crippen molar-refractivity contribution in [2.75, 3.05) is 0 Å². The summed E-state index contributed by atoms with van der Waals surface area (Å²) in [6.07, 6.45) is -0.430. The Balaban J connectivity index is 2.70. The number of benzene rings is 1. The summed E-state index contributed by atoms with van der Waals surface area (Å²) < 4.78 is 26.8. The summed E-state index contributed by atoms with van der Waals surface area (Å²) in [5, 5.41) is 2.28. The number of rotatable bonds is 7. The maximum atomic E-state index is 13.4. The van der Waals surface area contributed by atoms with Crippen LogP contribution in [0.5, 0.6) is 0 Å². The summed E-state index contributed by atoms with van der Waals surface area (Å²) in [7, 11) is 0. The third kappa shape index (κ3) is 5.29. The fraction of sp³-hybridized carbons (Fsp3) is 0.357. The Morgan fingerprint density at radius 1 is 1.24 bits per heavy atom. The Hall–Kier alpha value is -2.31. The fourth-order valence-electron chi connectivity index (χ4n) is 1.74. The molecule has 2 amide bonds. The molecule has 1 rings (SSSR count). The van der Waals surface area contributed by atoms with Crippen molar-refractivity contribution in [3.63, 3.8) is 0 Å². The number of hydrogen-bond donors (Lipinski definition) is 2. The lowest BCUT2D eigenvalue weighted by Gasteiger charge is -2.15. The normalized spacial score (nSPS) is 11.8. The van der Waals surface area contributed by atoms with Crippen LogP contribution in [-0.2, 0) is 20.8 Å². The second-order valence-corrected chi connectivity index (χ2v) is 4.64. The molecule has 0 aliphatic carbocycles. The maximum absolute atomic E-state index is 13.4. The molecular formula is C14H16F2N2O3. The Morgan fingerprint density at radius 2 is 1.81 bits per heavy atom. The van der Waals surface area contributed by atoms with Gasteiger partial charge < -0.3 is 15.8 Å². The molecule has 3 N–H and O–H groups in total. The molecule has 21 heavy (non-hydrogen) atoms. The van der Waals surface area contributed by atoms with Crippen molar-refractivity contribution < 1.29 is 23.2 Å². The van der Waals surface area contributed by atoms with E-state index >= 15 is 0 Å². The molecule has 0 saturated heterocycles. The van der Waals surface area contributed by atoms with Crippen molar-refractivity contribution >= 4 is 17.6 Å². The predicted octanol–water partition coefficient (Wildman–Crippen LogP) is 0.847. The van der Waals surface area contributed by atoms with Crippen molar-refractivity contribution in [3.8, 4) is 0 Å². The first kappa shape index (κ1) is 16.7. The Labute approximate surface area is 120 Å². The van der Waals surface area contributed by atoms with E-state index in [2.05, 4.69) is 5.32 Å². The highest BCUT2D eigenvalue weighted by Crippen LogP contribution is 2.12.